The van der Waals surface area contributed by atoms with Crippen molar-refractivity contribution in [3.8, 4) is 11.3 Å². The summed E-state index contributed by atoms with van der Waals surface area (Å²) in [4.78, 5) is 31.3. The summed E-state index contributed by atoms with van der Waals surface area (Å²) in [6.45, 7) is 3.13. The number of nitrogens with two attached hydrogens (primary N) is 1. The van der Waals surface area contributed by atoms with E-state index in [1.165, 1.54) is 5.56 Å². The van der Waals surface area contributed by atoms with E-state index in [1.54, 1.807) is 0 Å². The van der Waals surface area contributed by atoms with Crippen molar-refractivity contribution in [3.63, 3.8) is 0 Å². The average molecular weight is 373 g/mol. The second-order valence-electron chi connectivity index (χ2n) is 7.41. The molecule has 2 N–H and O–H groups in total. The van der Waals surface area contributed by atoms with Gasteiger partial charge in [0.2, 0.25) is 5.91 Å². The zero-order chi connectivity index (χ0) is 19.7. The Hall–Kier alpha value is -3.21. The number of aryl methyl sites for hydroxylation is 1. The Morgan fingerprint density at radius 3 is 2.39 bits per heavy atom. The molecule has 0 aliphatic carbocycles. The molecule has 2 heterocycles. The molecule has 1 fully saturated rings. The SMILES string of the molecule is Cc1ccc(-c2cc(C(=O)N3CCC(C(N)=O)CC3)c3ccccc3n2)cc1. The summed E-state index contributed by atoms with van der Waals surface area (Å²) in [6, 6.07) is 17.7. The average Bonchev–Trinajstić information content (AvgIpc) is 2.73. The number of pyridine rings is 1. The number of aromatic nitrogens is 1. The van der Waals surface area contributed by atoms with Gasteiger partial charge in [-0.3, -0.25) is 9.59 Å². The van der Waals surface area contributed by atoms with Crippen LogP contribution >= 0.6 is 0 Å². The van der Waals surface area contributed by atoms with E-state index in [2.05, 4.69) is 0 Å². The molecule has 3 aromatic rings. The van der Waals surface area contributed by atoms with Gasteiger partial charge >= 0.3 is 0 Å². The zero-order valence-electron chi connectivity index (χ0n) is 15.9. The number of hydrogen-bond donors (Lipinski definition) is 1. The van der Waals surface area contributed by atoms with Gasteiger partial charge < -0.3 is 10.6 Å². The van der Waals surface area contributed by atoms with Crippen LogP contribution in [0.15, 0.2) is 54.6 Å². The summed E-state index contributed by atoms with van der Waals surface area (Å²) < 4.78 is 0. The molecule has 1 saturated heterocycles. The van der Waals surface area contributed by atoms with Gasteiger partial charge in [-0.05, 0) is 31.9 Å². The number of carbonyl (C=O) groups excluding carboxylic acids is 2. The van der Waals surface area contributed by atoms with Crippen LogP contribution in [0.25, 0.3) is 22.2 Å². The molecule has 4 rings (SSSR count). The van der Waals surface area contributed by atoms with Gasteiger partial charge in [0, 0.05) is 30.0 Å². The van der Waals surface area contributed by atoms with E-state index in [0.717, 1.165) is 22.2 Å². The first-order valence-corrected chi connectivity index (χ1v) is 9.58. The van der Waals surface area contributed by atoms with Crippen LogP contribution in [0.5, 0.6) is 0 Å². The highest BCUT2D eigenvalue weighted by Gasteiger charge is 2.27. The lowest BCUT2D eigenvalue weighted by Gasteiger charge is -2.31. The molecule has 0 atom stereocenters. The number of fused-ring (bicyclic) bond motifs is 1. The van der Waals surface area contributed by atoms with Crippen molar-refractivity contribution in [2.24, 2.45) is 11.7 Å². The van der Waals surface area contributed by atoms with Gasteiger partial charge in [-0.25, -0.2) is 4.98 Å². The predicted octanol–water partition coefficient (Wildman–Crippen LogP) is 3.55. The fourth-order valence-corrected chi connectivity index (χ4v) is 3.76. The molecule has 0 unspecified atom stereocenters. The van der Waals surface area contributed by atoms with Crippen LogP contribution < -0.4 is 5.73 Å². The maximum Gasteiger partial charge on any atom is 0.254 e. The third-order valence-electron chi connectivity index (χ3n) is 5.48. The smallest absolute Gasteiger partial charge is 0.254 e. The monoisotopic (exact) mass is 373 g/mol. The number of para-hydroxylation sites is 1. The van der Waals surface area contributed by atoms with Gasteiger partial charge in [-0.15, -0.1) is 0 Å². The Bertz CT molecular complexity index is 1040. The minimum atomic E-state index is -0.275. The summed E-state index contributed by atoms with van der Waals surface area (Å²) in [5.74, 6) is -0.431. The predicted molar refractivity (Wildman–Crippen MR) is 110 cm³/mol. The van der Waals surface area contributed by atoms with Gasteiger partial charge in [0.05, 0.1) is 16.8 Å². The number of primary amides is 1. The number of amides is 2. The molecular weight excluding hydrogens is 350 g/mol. The number of piperidine rings is 1. The maximum absolute atomic E-state index is 13.3. The first-order chi connectivity index (χ1) is 13.5. The number of carbonyl (C=O) groups is 2. The molecule has 1 aliphatic heterocycles. The normalized spacial score (nSPS) is 15.0. The van der Waals surface area contributed by atoms with Crippen LogP contribution in [0, 0.1) is 12.8 Å². The zero-order valence-corrected chi connectivity index (χ0v) is 15.9. The topological polar surface area (TPSA) is 76.3 Å². The van der Waals surface area contributed by atoms with Crippen molar-refractivity contribution < 1.29 is 9.59 Å². The molecule has 0 radical (unpaired) electrons. The van der Waals surface area contributed by atoms with E-state index < -0.39 is 0 Å². The summed E-state index contributed by atoms with van der Waals surface area (Å²) in [5, 5.41) is 0.848. The molecule has 28 heavy (non-hydrogen) atoms. The minimum absolute atomic E-state index is 0.0186. The van der Waals surface area contributed by atoms with E-state index in [-0.39, 0.29) is 17.7 Å². The number of hydrogen-bond acceptors (Lipinski definition) is 3. The lowest BCUT2D eigenvalue weighted by molar-refractivity contribution is -0.123. The lowest BCUT2D eigenvalue weighted by atomic mass is 9.95. The molecule has 1 aromatic heterocycles. The van der Waals surface area contributed by atoms with Crippen molar-refractivity contribution in [2.45, 2.75) is 19.8 Å². The fourth-order valence-electron chi connectivity index (χ4n) is 3.76. The highest BCUT2D eigenvalue weighted by Crippen LogP contribution is 2.27. The van der Waals surface area contributed by atoms with Gasteiger partial charge in [0.1, 0.15) is 0 Å². The maximum atomic E-state index is 13.3. The Balaban J connectivity index is 1.72. The number of likely N-dealkylation sites (tertiary alicyclic amines) is 1. The van der Waals surface area contributed by atoms with Gasteiger partial charge in [0.15, 0.2) is 0 Å². The molecule has 0 spiro atoms. The largest absolute Gasteiger partial charge is 0.369 e. The van der Waals surface area contributed by atoms with Crippen LogP contribution in [0.3, 0.4) is 0 Å². The van der Waals surface area contributed by atoms with Crippen LogP contribution in [0.2, 0.25) is 0 Å². The number of nitrogens with zero attached hydrogens (tertiary/aromatic N) is 2. The third kappa shape index (κ3) is 3.48. The second kappa shape index (κ2) is 7.43. The molecule has 142 valence electrons. The van der Waals surface area contributed by atoms with Crippen molar-refractivity contribution in [3.05, 3.63) is 65.7 Å². The Kier molecular flexibility index (Phi) is 4.82. The summed E-state index contributed by atoms with van der Waals surface area (Å²) >= 11 is 0. The van der Waals surface area contributed by atoms with Gasteiger partial charge in [-0.1, -0.05) is 48.0 Å². The fraction of sp³-hybridized carbons (Fsp3) is 0.261. The van der Waals surface area contributed by atoms with Crippen LogP contribution in [-0.2, 0) is 4.79 Å². The highest BCUT2D eigenvalue weighted by molar-refractivity contribution is 6.07. The standard InChI is InChI=1S/C23H23N3O2/c1-15-6-8-16(9-7-15)21-14-19(18-4-2-3-5-20(18)25-21)23(28)26-12-10-17(11-13-26)22(24)27/h2-9,14,17H,10-13H2,1H3,(H2,24,27). The quantitative estimate of drug-likeness (QED) is 0.763. The van der Waals surface area contributed by atoms with E-state index >= 15 is 0 Å². The van der Waals surface area contributed by atoms with Crippen molar-refractivity contribution >= 4 is 22.7 Å². The summed E-state index contributed by atoms with van der Waals surface area (Å²) in [5.41, 5.74) is 9.82. The number of rotatable bonds is 3. The summed E-state index contributed by atoms with van der Waals surface area (Å²) in [7, 11) is 0. The molecule has 1 aliphatic rings. The van der Waals surface area contributed by atoms with Gasteiger partial charge in [-0.2, -0.15) is 0 Å². The van der Waals surface area contributed by atoms with Crippen molar-refractivity contribution in [1.29, 1.82) is 0 Å². The Morgan fingerprint density at radius 2 is 1.71 bits per heavy atom. The van der Waals surface area contributed by atoms with Crippen LogP contribution in [0.1, 0.15) is 28.8 Å². The van der Waals surface area contributed by atoms with E-state index in [1.807, 2.05) is 66.4 Å². The lowest BCUT2D eigenvalue weighted by Crippen LogP contribution is -2.41. The highest BCUT2D eigenvalue weighted by atomic mass is 16.2. The first kappa shape index (κ1) is 18.2. The molecule has 2 amide bonds. The van der Waals surface area contributed by atoms with E-state index in [0.29, 0.717) is 31.5 Å². The molecule has 2 aromatic carbocycles. The first-order valence-electron chi connectivity index (χ1n) is 9.58. The molecule has 5 nitrogen and oxygen atoms in total. The minimum Gasteiger partial charge on any atom is -0.369 e. The Labute approximate surface area is 164 Å². The Morgan fingerprint density at radius 1 is 1.04 bits per heavy atom. The van der Waals surface area contributed by atoms with E-state index in [9.17, 15) is 9.59 Å². The third-order valence-corrected chi connectivity index (χ3v) is 5.48. The molecule has 0 bridgehead atoms. The molecule has 0 saturated carbocycles. The second-order valence-corrected chi connectivity index (χ2v) is 7.41. The van der Waals surface area contributed by atoms with E-state index in [4.69, 9.17) is 10.7 Å². The van der Waals surface area contributed by atoms with Crippen LogP contribution in [-0.4, -0.2) is 34.8 Å². The van der Waals surface area contributed by atoms with Crippen molar-refractivity contribution in [1.82, 2.24) is 9.88 Å². The van der Waals surface area contributed by atoms with Crippen LogP contribution in [0.4, 0.5) is 0 Å². The number of benzene rings is 2. The van der Waals surface area contributed by atoms with Gasteiger partial charge in [0.25, 0.3) is 5.91 Å². The molecular formula is C23H23N3O2. The van der Waals surface area contributed by atoms with Crippen molar-refractivity contribution in [2.75, 3.05) is 13.1 Å². The molecule has 5 heteroatoms. The summed E-state index contributed by atoms with van der Waals surface area (Å²) in [6.07, 6.45) is 1.24.